The second kappa shape index (κ2) is 13.8. The van der Waals surface area contributed by atoms with Gasteiger partial charge in [0.25, 0.3) is 0 Å². The van der Waals surface area contributed by atoms with Gasteiger partial charge in [-0.05, 0) is 103 Å². The minimum atomic E-state index is -0.560. The molecule has 10 aromatic carbocycles. The fourth-order valence-electron chi connectivity index (χ4n) is 11.5. The third-order valence-electron chi connectivity index (χ3n) is 14.3. The van der Waals surface area contributed by atoms with E-state index in [0.29, 0.717) is 0 Å². The summed E-state index contributed by atoms with van der Waals surface area (Å²) in [5, 5.41) is 2.30. The molecule has 1 spiro atoms. The third kappa shape index (κ3) is 5.08. The van der Waals surface area contributed by atoms with Crippen molar-refractivity contribution >= 4 is 27.8 Å². The molecule has 0 saturated heterocycles. The standard InChI is InChI=1S/C62H43NO/c1-61(2)51-25-11-8-22-48(51)49-37-36-44(39-56(49)61)63(57-29-14-10-20-45(57)40-17-4-3-5-18-40)43-34-31-42(32-35-43)46-24-16-28-54-59(46)50-23-9-12-26-52(50)62(54)53-27-13-15-30-58(53)64-60-47-21-7-6-19-41(47)33-38-55(60)62/h3-39H,1-2H3. The van der Waals surface area contributed by atoms with Crippen LogP contribution in [0.15, 0.2) is 224 Å². The van der Waals surface area contributed by atoms with E-state index in [2.05, 4.69) is 243 Å². The van der Waals surface area contributed by atoms with Crippen LogP contribution >= 0.6 is 0 Å². The molecule has 3 aliphatic rings. The molecule has 0 saturated carbocycles. The first-order chi connectivity index (χ1) is 31.5. The van der Waals surface area contributed by atoms with Crippen LogP contribution in [-0.2, 0) is 10.8 Å². The first-order valence-corrected chi connectivity index (χ1v) is 22.3. The van der Waals surface area contributed by atoms with Crippen LogP contribution in [0.25, 0.3) is 55.3 Å². The van der Waals surface area contributed by atoms with Crippen molar-refractivity contribution in [3.05, 3.63) is 258 Å². The van der Waals surface area contributed by atoms with Crippen LogP contribution in [0.2, 0.25) is 0 Å². The molecule has 302 valence electrons. The van der Waals surface area contributed by atoms with E-state index in [1.807, 2.05) is 0 Å². The molecule has 13 rings (SSSR count). The summed E-state index contributed by atoms with van der Waals surface area (Å²) in [6.45, 7) is 4.72. The molecule has 0 bridgehead atoms. The maximum Gasteiger partial charge on any atom is 0.140 e. The van der Waals surface area contributed by atoms with Crippen molar-refractivity contribution in [2.24, 2.45) is 0 Å². The van der Waals surface area contributed by atoms with Crippen LogP contribution in [-0.4, -0.2) is 0 Å². The summed E-state index contributed by atoms with van der Waals surface area (Å²) in [5.41, 5.74) is 20.3. The molecule has 0 fully saturated rings. The Labute approximate surface area is 374 Å². The van der Waals surface area contributed by atoms with Gasteiger partial charge in [0.15, 0.2) is 0 Å². The van der Waals surface area contributed by atoms with Gasteiger partial charge in [-0.2, -0.15) is 0 Å². The summed E-state index contributed by atoms with van der Waals surface area (Å²) < 4.78 is 6.92. The van der Waals surface area contributed by atoms with Crippen molar-refractivity contribution in [3.8, 4) is 56.0 Å². The summed E-state index contributed by atoms with van der Waals surface area (Å²) in [7, 11) is 0. The Morgan fingerprint density at radius 1 is 0.375 bits per heavy atom. The van der Waals surface area contributed by atoms with Gasteiger partial charge in [-0.1, -0.05) is 202 Å². The van der Waals surface area contributed by atoms with Gasteiger partial charge in [0.1, 0.15) is 11.5 Å². The lowest BCUT2D eigenvalue weighted by atomic mass is 9.65. The lowest BCUT2D eigenvalue weighted by Gasteiger charge is -2.39. The van der Waals surface area contributed by atoms with E-state index in [0.717, 1.165) is 33.9 Å². The van der Waals surface area contributed by atoms with E-state index < -0.39 is 5.41 Å². The predicted octanol–water partition coefficient (Wildman–Crippen LogP) is 16.4. The molecule has 2 heteroatoms. The number of hydrogen-bond donors (Lipinski definition) is 0. The zero-order chi connectivity index (χ0) is 42.6. The van der Waals surface area contributed by atoms with Gasteiger partial charge in [-0.3, -0.25) is 0 Å². The van der Waals surface area contributed by atoms with Crippen LogP contribution in [0.5, 0.6) is 11.5 Å². The predicted molar refractivity (Wildman–Crippen MR) is 264 cm³/mol. The van der Waals surface area contributed by atoms with Crippen molar-refractivity contribution in [3.63, 3.8) is 0 Å². The fraction of sp³-hybridized carbons (Fsp3) is 0.0645. The van der Waals surface area contributed by atoms with E-state index in [4.69, 9.17) is 4.74 Å². The molecule has 0 aromatic heterocycles. The maximum atomic E-state index is 6.92. The Morgan fingerprint density at radius 3 is 1.83 bits per heavy atom. The Kier molecular flexibility index (Phi) is 7.90. The molecule has 0 radical (unpaired) electrons. The summed E-state index contributed by atoms with van der Waals surface area (Å²) >= 11 is 0. The SMILES string of the molecule is CC1(C)c2ccccc2-c2ccc(N(c3ccc(-c4cccc5c4-c4ccccc4C54c5ccccc5Oc5c4ccc4ccccc54)cc3)c3ccccc3-c3ccccc3)cc21. The van der Waals surface area contributed by atoms with E-state index in [-0.39, 0.29) is 5.41 Å². The Morgan fingerprint density at radius 2 is 0.984 bits per heavy atom. The number of nitrogens with zero attached hydrogens (tertiary/aromatic N) is 1. The number of rotatable bonds is 5. The molecule has 2 nitrogen and oxygen atoms in total. The second-order valence-electron chi connectivity index (χ2n) is 18.0. The molecule has 1 aliphatic heterocycles. The Hall–Kier alpha value is -7.94. The van der Waals surface area contributed by atoms with Crippen molar-refractivity contribution in [1.29, 1.82) is 0 Å². The third-order valence-corrected chi connectivity index (χ3v) is 14.3. The Balaban J connectivity index is 0.997. The van der Waals surface area contributed by atoms with Crippen molar-refractivity contribution < 1.29 is 4.74 Å². The zero-order valence-corrected chi connectivity index (χ0v) is 35.7. The minimum absolute atomic E-state index is 0.129. The van der Waals surface area contributed by atoms with Crippen molar-refractivity contribution in [1.82, 2.24) is 0 Å². The second-order valence-corrected chi connectivity index (χ2v) is 18.0. The molecule has 1 atom stereocenters. The van der Waals surface area contributed by atoms with Gasteiger partial charge in [-0.15, -0.1) is 0 Å². The van der Waals surface area contributed by atoms with E-state index >= 15 is 0 Å². The van der Waals surface area contributed by atoms with Gasteiger partial charge in [-0.25, -0.2) is 0 Å². The zero-order valence-electron chi connectivity index (χ0n) is 35.7. The largest absolute Gasteiger partial charge is 0.456 e. The highest BCUT2D eigenvalue weighted by atomic mass is 16.5. The number of benzene rings is 10. The number of anilines is 3. The van der Waals surface area contributed by atoms with Crippen LogP contribution in [0.3, 0.4) is 0 Å². The fourth-order valence-corrected chi connectivity index (χ4v) is 11.5. The van der Waals surface area contributed by atoms with Gasteiger partial charge in [0.05, 0.1) is 11.1 Å². The van der Waals surface area contributed by atoms with E-state index in [1.54, 1.807) is 0 Å². The summed E-state index contributed by atoms with van der Waals surface area (Å²) in [4.78, 5) is 2.45. The smallest absolute Gasteiger partial charge is 0.140 e. The molecular formula is C62H43NO. The monoisotopic (exact) mass is 817 g/mol. The molecule has 0 amide bonds. The van der Waals surface area contributed by atoms with Crippen molar-refractivity contribution in [2.75, 3.05) is 4.90 Å². The minimum Gasteiger partial charge on any atom is -0.456 e. The van der Waals surface area contributed by atoms with Crippen LogP contribution in [0.1, 0.15) is 47.2 Å². The molecule has 10 aromatic rings. The van der Waals surface area contributed by atoms with Crippen LogP contribution in [0, 0.1) is 0 Å². The van der Waals surface area contributed by atoms with Gasteiger partial charge in [0.2, 0.25) is 0 Å². The van der Waals surface area contributed by atoms with Gasteiger partial charge in [0, 0.05) is 38.9 Å². The van der Waals surface area contributed by atoms with Crippen molar-refractivity contribution in [2.45, 2.75) is 24.7 Å². The first kappa shape index (κ1) is 36.7. The summed E-state index contributed by atoms with van der Waals surface area (Å²) in [6, 6.07) is 82.5. The molecule has 2 aliphatic carbocycles. The molecular weight excluding hydrogens is 775 g/mol. The highest BCUT2D eigenvalue weighted by Crippen LogP contribution is 2.64. The van der Waals surface area contributed by atoms with Crippen LogP contribution in [0.4, 0.5) is 17.1 Å². The topological polar surface area (TPSA) is 12.5 Å². The molecule has 64 heavy (non-hydrogen) atoms. The molecule has 1 heterocycles. The normalized spacial score (nSPS) is 15.7. The van der Waals surface area contributed by atoms with Gasteiger partial charge < -0.3 is 9.64 Å². The summed E-state index contributed by atoms with van der Waals surface area (Å²) in [5.74, 6) is 1.84. The lowest BCUT2D eigenvalue weighted by molar-refractivity contribution is 0.441. The molecule has 1 unspecified atom stereocenters. The average Bonchev–Trinajstić information content (AvgIpc) is 3.77. The Bertz CT molecular complexity index is 3510. The van der Waals surface area contributed by atoms with Gasteiger partial charge >= 0.3 is 0 Å². The highest BCUT2D eigenvalue weighted by molar-refractivity contribution is 6.00. The summed E-state index contributed by atoms with van der Waals surface area (Å²) in [6.07, 6.45) is 0. The number of fused-ring (bicyclic) bond motifs is 14. The highest BCUT2D eigenvalue weighted by Gasteiger charge is 2.52. The first-order valence-electron chi connectivity index (χ1n) is 22.3. The number of ether oxygens (including phenoxy) is 1. The lowest BCUT2D eigenvalue weighted by Crippen LogP contribution is -2.32. The van der Waals surface area contributed by atoms with E-state index in [1.165, 1.54) is 83.3 Å². The average molecular weight is 818 g/mol. The molecule has 0 N–H and O–H groups in total. The number of para-hydroxylation sites is 2. The maximum absolute atomic E-state index is 6.92. The number of hydrogen-bond acceptors (Lipinski definition) is 2. The quantitative estimate of drug-likeness (QED) is 0.172. The van der Waals surface area contributed by atoms with E-state index in [9.17, 15) is 0 Å². The van der Waals surface area contributed by atoms with Crippen LogP contribution < -0.4 is 9.64 Å².